The van der Waals surface area contributed by atoms with Crippen LogP contribution in [0.3, 0.4) is 0 Å². The van der Waals surface area contributed by atoms with Crippen LogP contribution >= 0.6 is 12.2 Å². The molecule has 0 saturated heterocycles. The van der Waals surface area contributed by atoms with Gasteiger partial charge >= 0.3 is 0 Å². The molecule has 11 heavy (non-hydrogen) atoms. The van der Waals surface area contributed by atoms with Crippen molar-refractivity contribution >= 4 is 17.4 Å². The van der Waals surface area contributed by atoms with Gasteiger partial charge in [-0.3, -0.25) is 0 Å². The summed E-state index contributed by atoms with van der Waals surface area (Å²) >= 11 is 4.37. The van der Waals surface area contributed by atoms with E-state index in [1.807, 2.05) is 26.0 Å². The van der Waals surface area contributed by atoms with Crippen molar-refractivity contribution in [2.45, 2.75) is 20.4 Å². The first-order valence-electron chi connectivity index (χ1n) is 3.49. The van der Waals surface area contributed by atoms with Crippen LogP contribution in [0.15, 0.2) is 27.8 Å². The molecule has 0 radical (unpaired) electrons. The van der Waals surface area contributed by atoms with E-state index in [1.165, 1.54) is 0 Å². The number of aliphatic imine (C=N–C) groups is 1. The fraction of sp³-hybridized carbons (Fsp3) is 0.375. The number of rotatable bonds is 2. The smallest absolute Gasteiger partial charge is 0.125 e. The highest BCUT2D eigenvalue weighted by atomic mass is 32.1. The third-order valence-electron chi connectivity index (χ3n) is 0.880. The van der Waals surface area contributed by atoms with E-state index < -0.39 is 0 Å². The van der Waals surface area contributed by atoms with Gasteiger partial charge in [-0.05, 0) is 24.4 Å². The molecule has 1 rings (SSSR count). The van der Waals surface area contributed by atoms with Gasteiger partial charge in [-0.2, -0.15) is 0 Å². The molecule has 0 aromatic carbocycles. The van der Waals surface area contributed by atoms with E-state index >= 15 is 0 Å². The van der Waals surface area contributed by atoms with Crippen LogP contribution in [-0.4, -0.2) is 5.16 Å². The fourth-order valence-electron chi connectivity index (χ4n) is 0.513. The fourth-order valence-corrected chi connectivity index (χ4v) is 0.577. The highest BCUT2D eigenvalue weighted by Gasteiger charge is 1.88. The molecule has 1 aromatic rings. The Hall–Kier alpha value is -0.920. The second-order valence-corrected chi connectivity index (χ2v) is 1.67. The molecule has 0 aliphatic carbocycles. The molecular weight excluding hydrogens is 158 g/mol. The molecule has 0 saturated carbocycles. The van der Waals surface area contributed by atoms with Crippen molar-refractivity contribution in [2.75, 3.05) is 0 Å². The Labute approximate surface area is 71.9 Å². The standard InChI is InChI=1S/C6H5NOS.C2H6/c9-5-7-4-6-2-1-3-8-6;1-2/h1-3H,4H2;1-2H3. The highest BCUT2D eigenvalue weighted by Crippen LogP contribution is 1.99. The summed E-state index contributed by atoms with van der Waals surface area (Å²) < 4.78 is 4.96. The van der Waals surface area contributed by atoms with E-state index in [1.54, 1.807) is 6.26 Å². The van der Waals surface area contributed by atoms with E-state index in [9.17, 15) is 0 Å². The molecule has 0 unspecified atom stereocenters. The number of isothiocyanates is 1. The minimum absolute atomic E-state index is 0.497. The van der Waals surface area contributed by atoms with Gasteiger partial charge in [-0.1, -0.05) is 13.8 Å². The van der Waals surface area contributed by atoms with Crippen LogP contribution in [0.4, 0.5) is 0 Å². The lowest BCUT2D eigenvalue weighted by atomic mass is 10.5. The van der Waals surface area contributed by atoms with Crippen LogP contribution in [0.1, 0.15) is 19.6 Å². The van der Waals surface area contributed by atoms with Gasteiger partial charge < -0.3 is 4.42 Å². The van der Waals surface area contributed by atoms with Crippen LogP contribution in [0.5, 0.6) is 0 Å². The van der Waals surface area contributed by atoms with Gasteiger partial charge in [0.1, 0.15) is 12.3 Å². The molecule has 1 heterocycles. The zero-order valence-corrected chi connectivity index (χ0v) is 7.52. The van der Waals surface area contributed by atoms with Crippen molar-refractivity contribution in [1.29, 1.82) is 0 Å². The van der Waals surface area contributed by atoms with Crippen molar-refractivity contribution < 1.29 is 4.42 Å². The average molecular weight is 169 g/mol. The molecule has 60 valence electrons. The molecule has 0 spiro atoms. The molecular formula is C8H11NOS. The van der Waals surface area contributed by atoms with E-state index in [0.717, 1.165) is 5.76 Å². The molecule has 0 aliphatic rings. The molecule has 2 nitrogen and oxygen atoms in total. The van der Waals surface area contributed by atoms with E-state index in [4.69, 9.17) is 4.42 Å². The summed E-state index contributed by atoms with van der Waals surface area (Å²) in [6.07, 6.45) is 1.61. The summed E-state index contributed by atoms with van der Waals surface area (Å²) in [5, 5.41) is 2.25. The summed E-state index contributed by atoms with van der Waals surface area (Å²) in [4.78, 5) is 3.69. The Kier molecular flexibility index (Phi) is 6.59. The van der Waals surface area contributed by atoms with E-state index in [2.05, 4.69) is 22.4 Å². The topological polar surface area (TPSA) is 25.5 Å². The maximum atomic E-state index is 4.96. The molecule has 0 aliphatic heterocycles. The maximum Gasteiger partial charge on any atom is 0.125 e. The van der Waals surface area contributed by atoms with Gasteiger partial charge in [0, 0.05) is 0 Å². The molecule has 0 amide bonds. The summed E-state index contributed by atoms with van der Waals surface area (Å²) in [7, 11) is 0. The lowest BCUT2D eigenvalue weighted by Gasteiger charge is -1.81. The van der Waals surface area contributed by atoms with E-state index in [-0.39, 0.29) is 0 Å². The first kappa shape index (κ1) is 10.1. The van der Waals surface area contributed by atoms with Crippen LogP contribution < -0.4 is 0 Å². The number of hydrogen-bond acceptors (Lipinski definition) is 3. The number of thiocarbonyl (C=S) groups is 1. The van der Waals surface area contributed by atoms with E-state index in [0.29, 0.717) is 6.54 Å². The van der Waals surface area contributed by atoms with Crippen molar-refractivity contribution in [1.82, 2.24) is 0 Å². The quantitative estimate of drug-likeness (QED) is 0.502. The first-order valence-corrected chi connectivity index (χ1v) is 3.90. The lowest BCUT2D eigenvalue weighted by Crippen LogP contribution is -1.71. The normalized spacial score (nSPS) is 7.45. The molecule has 1 aromatic heterocycles. The molecule has 0 bridgehead atoms. The average Bonchev–Trinajstić information content (AvgIpc) is 2.57. The molecule has 0 N–H and O–H groups in total. The Morgan fingerprint density at radius 1 is 1.64 bits per heavy atom. The Bertz CT molecular complexity index is 212. The van der Waals surface area contributed by atoms with Crippen LogP contribution in [0, 0.1) is 0 Å². The zero-order valence-electron chi connectivity index (χ0n) is 6.70. The minimum Gasteiger partial charge on any atom is -0.467 e. The highest BCUT2D eigenvalue weighted by molar-refractivity contribution is 7.78. The van der Waals surface area contributed by atoms with Crippen molar-refractivity contribution in [3.63, 3.8) is 0 Å². The summed E-state index contributed by atoms with van der Waals surface area (Å²) in [6.45, 7) is 4.50. The predicted molar refractivity (Wildman–Crippen MR) is 48.8 cm³/mol. The van der Waals surface area contributed by atoms with Gasteiger partial charge in [-0.25, -0.2) is 4.99 Å². The van der Waals surface area contributed by atoms with Crippen molar-refractivity contribution in [3.8, 4) is 0 Å². The minimum atomic E-state index is 0.497. The van der Waals surface area contributed by atoms with Gasteiger partial charge in [-0.15, -0.1) is 0 Å². The molecule has 0 fully saturated rings. The monoisotopic (exact) mass is 169 g/mol. The van der Waals surface area contributed by atoms with Crippen LogP contribution in [0.2, 0.25) is 0 Å². The summed E-state index contributed by atoms with van der Waals surface area (Å²) in [6, 6.07) is 3.66. The molecule has 3 heteroatoms. The SMILES string of the molecule is CC.S=C=NCc1ccco1. The number of nitrogens with zero attached hydrogens (tertiary/aromatic N) is 1. The van der Waals surface area contributed by atoms with Gasteiger partial charge in [0.2, 0.25) is 0 Å². The predicted octanol–water partition coefficient (Wildman–Crippen LogP) is 2.91. The largest absolute Gasteiger partial charge is 0.467 e. The third-order valence-corrected chi connectivity index (χ3v) is 1.01. The third kappa shape index (κ3) is 4.48. The number of furan rings is 1. The second kappa shape index (κ2) is 7.19. The van der Waals surface area contributed by atoms with Crippen molar-refractivity contribution in [3.05, 3.63) is 24.2 Å². The second-order valence-electron chi connectivity index (χ2n) is 1.49. The first-order chi connectivity index (χ1) is 5.43. The zero-order chi connectivity index (χ0) is 8.53. The molecule has 0 atom stereocenters. The Morgan fingerprint density at radius 3 is 2.82 bits per heavy atom. The maximum absolute atomic E-state index is 4.96. The Morgan fingerprint density at radius 2 is 2.36 bits per heavy atom. The summed E-state index contributed by atoms with van der Waals surface area (Å²) in [5.41, 5.74) is 0. The number of hydrogen-bond donors (Lipinski definition) is 0. The van der Waals surface area contributed by atoms with Crippen LogP contribution in [-0.2, 0) is 6.54 Å². The van der Waals surface area contributed by atoms with Gasteiger partial charge in [0.25, 0.3) is 0 Å². The van der Waals surface area contributed by atoms with Gasteiger partial charge in [0.05, 0.1) is 11.4 Å². The summed E-state index contributed by atoms with van der Waals surface area (Å²) in [5.74, 6) is 0.812. The van der Waals surface area contributed by atoms with Crippen LogP contribution in [0.25, 0.3) is 0 Å². The van der Waals surface area contributed by atoms with Gasteiger partial charge in [0.15, 0.2) is 0 Å². The van der Waals surface area contributed by atoms with Crippen molar-refractivity contribution in [2.24, 2.45) is 4.99 Å². The lowest BCUT2D eigenvalue weighted by molar-refractivity contribution is 0.513. The Balaban J connectivity index is 0.000000461.